The average Bonchev–Trinajstić information content (AvgIpc) is 2.94. The van der Waals surface area contributed by atoms with E-state index in [1.165, 1.54) is 6.08 Å². The van der Waals surface area contributed by atoms with Gasteiger partial charge in [-0.3, -0.25) is 4.68 Å². The second-order valence-corrected chi connectivity index (χ2v) is 4.98. The van der Waals surface area contributed by atoms with Crippen molar-refractivity contribution in [1.29, 1.82) is 0 Å². The maximum atomic E-state index is 11.5. The van der Waals surface area contributed by atoms with Gasteiger partial charge in [-0.05, 0) is 25.0 Å². The Morgan fingerprint density at radius 2 is 2.04 bits per heavy atom. The molecular weight excluding hydrogens is 292 g/mol. The molecule has 0 radical (unpaired) electrons. The van der Waals surface area contributed by atoms with Crippen molar-refractivity contribution in [3.63, 3.8) is 0 Å². The first-order chi connectivity index (χ1) is 11.2. The second kappa shape index (κ2) is 8.78. The van der Waals surface area contributed by atoms with Crippen LogP contribution in [0.15, 0.2) is 42.5 Å². The minimum atomic E-state index is -0.365. The zero-order valence-electron chi connectivity index (χ0n) is 13.6. The number of benzene rings is 1. The normalized spacial score (nSPS) is 10.9. The van der Waals surface area contributed by atoms with Gasteiger partial charge in [-0.2, -0.15) is 0 Å². The topological polar surface area (TPSA) is 53.4 Å². The van der Waals surface area contributed by atoms with E-state index in [2.05, 4.69) is 5.10 Å². The molecule has 2 rings (SSSR count). The first-order valence-electron chi connectivity index (χ1n) is 7.82. The number of carbonyl (C=O) groups is 1. The van der Waals surface area contributed by atoms with Crippen molar-refractivity contribution in [2.24, 2.45) is 0 Å². The Morgan fingerprint density at radius 3 is 2.74 bits per heavy atom. The molecule has 1 heterocycles. The Morgan fingerprint density at radius 1 is 1.26 bits per heavy atom. The Labute approximate surface area is 136 Å². The van der Waals surface area contributed by atoms with Crippen LogP contribution in [0.25, 0.3) is 6.08 Å². The largest absolute Gasteiger partial charge is 0.477 e. The summed E-state index contributed by atoms with van der Waals surface area (Å²) in [6, 6.07) is 11.8. The van der Waals surface area contributed by atoms with Crippen LogP contribution < -0.4 is 4.74 Å². The first kappa shape index (κ1) is 16.8. The lowest BCUT2D eigenvalue weighted by atomic mass is 10.2. The average molecular weight is 314 g/mol. The first-order valence-corrected chi connectivity index (χ1v) is 7.82. The van der Waals surface area contributed by atoms with Gasteiger partial charge in [0.1, 0.15) is 0 Å². The summed E-state index contributed by atoms with van der Waals surface area (Å²) in [5.41, 5.74) is 1.93. The number of carbonyl (C=O) groups excluding carboxylic acids is 1. The molecule has 0 saturated heterocycles. The fourth-order valence-corrected chi connectivity index (χ4v) is 2.04. The van der Waals surface area contributed by atoms with Gasteiger partial charge in [-0.25, -0.2) is 4.79 Å². The van der Waals surface area contributed by atoms with Gasteiger partial charge in [0.25, 0.3) is 0 Å². The van der Waals surface area contributed by atoms with Gasteiger partial charge >= 0.3 is 5.97 Å². The lowest BCUT2D eigenvalue weighted by Crippen LogP contribution is -2.05. The standard InChI is InChI=1S/C18H22N2O3/c1-3-12-23-17-13-16(10-11-18(21)22-4-2)20(19-17)14-15-8-6-5-7-9-15/h5-11,13H,3-4,12,14H2,1-2H3. The number of rotatable bonds is 8. The van der Waals surface area contributed by atoms with Crippen LogP contribution in [0, 0.1) is 0 Å². The van der Waals surface area contributed by atoms with E-state index < -0.39 is 0 Å². The van der Waals surface area contributed by atoms with Crippen LogP contribution in [0.5, 0.6) is 5.88 Å². The van der Waals surface area contributed by atoms with E-state index in [-0.39, 0.29) is 5.97 Å². The Kier molecular flexibility index (Phi) is 6.41. The minimum Gasteiger partial charge on any atom is -0.477 e. The van der Waals surface area contributed by atoms with E-state index in [0.717, 1.165) is 17.7 Å². The maximum absolute atomic E-state index is 11.5. The molecule has 1 aromatic heterocycles. The van der Waals surface area contributed by atoms with Crippen molar-refractivity contribution >= 4 is 12.0 Å². The SMILES string of the molecule is CCCOc1cc(C=CC(=O)OCC)n(Cc2ccccc2)n1. The molecule has 0 unspecified atom stereocenters. The summed E-state index contributed by atoms with van der Waals surface area (Å²) in [6.07, 6.45) is 4.03. The molecule has 0 aliphatic rings. The molecule has 0 amide bonds. The summed E-state index contributed by atoms with van der Waals surface area (Å²) in [4.78, 5) is 11.5. The molecule has 0 N–H and O–H groups in total. The Hall–Kier alpha value is -2.56. The van der Waals surface area contributed by atoms with E-state index >= 15 is 0 Å². The van der Waals surface area contributed by atoms with Gasteiger partial charge in [-0.15, -0.1) is 5.10 Å². The summed E-state index contributed by atoms with van der Waals surface area (Å²) >= 11 is 0. The molecule has 0 saturated carbocycles. The van der Waals surface area contributed by atoms with Crippen LogP contribution in [0.3, 0.4) is 0 Å². The van der Waals surface area contributed by atoms with Crippen molar-refractivity contribution in [3.8, 4) is 5.88 Å². The smallest absolute Gasteiger partial charge is 0.330 e. The minimum absolute atomic E-state index is 0.358. The zero-order chi connectivity index (χ0) is 16.5. The summed E-state index contributed by atoms with van der Waals surface area (Å²) in [5.74, 6) is 0.197. The van der Waals surface area contributed by atoms with E-state index in [0.29, 0.717) is 25.6 Å². The van der Waals surface area contributed by atoms with Crippen LogP contribution >= 0.6 is 0 Å². The van der Waals surface area contributed by atoms with Crippen molar-refractivity contribution in [3.05, 3.63) is 53.7 Å². The molecule has 122 valence electrons. The molecule has 0 fully saturated rings. The van der Waals surface area contributed by atoms with E-state index in [9.17, 15) is 4.79 Å². The predicted octanol–water partition coefficient (Wildman–Crippen LogP) is 3.30. The molecule has 23 heavy (non-hydrogen) atoms. The predicted molar refractivity (Wildman–Crippen MR) is 89.2 cm³/mol. The summed E-state index contributed by atoms with van der Waals surface area (Å²) in [5, 5.41) is 4.46. The highest BCUT2D eigenvalue weighted by Gasteiger charge is 2.08. The zero-order valence-corrected chi connectivity index (χ0v) is 13.6. The number of ether oxygens (including phenoxy) is 2. The quantitative estimate of drug-likeness (QED) is 0.554. The second-order valence-electron chi connectivity index (χ2n) is 4.98. The molecule has 0 bridgehead atoms. The number of nitrogens with zero attached hydrogens (tertiary/aromatic N) is 2. The van der Waals surface area contributed by atoms with Crippen LogP contribution in [-0.2, 0) is 16.1 Å². The molecular formula is C18H22N2O3. The highest BCUT2D eigenvalue weighted by atomic mass is 16.5. The monoisotopic (exact) mass is 314 g/mol. The van der Waals surface area contributed by atoms with Crippen molar-refractivity contribution in [1.82, 2.24) is 9.78 Å². The van der Waals surface area contributed by atoms with Gasteiger partial charge in [0, 0.05) is 12.1 Å². The molecule has 0 aliphatic heterocycles. The third-order valence-corrected chi connectivity index (χ3v) is 3.09. The number of hydrogen-bond acceptors (Lipinski definition) is 4. The lowest BCUT2D eigenvalue weighted by molar-refractivity contribution is -0.137. The van der Waals surface area contributed by atoms with E-state index in [4.69, 9.17) is 9.47 Å². The maximum Gasteiger partial charge on any atom is 0.330 e. The van der Waals surface area contributed by atoms with Gasteiger partial charge in [-0.1, -0.05) is 37.3 Å². The Balaban J connectivity index is 2.19. The highest BCUT2D eigenvalue weighted by Crippen LogP contribution is 2.16. The molecule has 5 heteroatoms. The van der Waals surface area contributed by atoms with Gasteiger partial charge < -0.3 is 9.47 Å². The van der Waals surface area contributed by atoms with Crippen molar-refractivity contribution < 1.29 is 14.3 Å². The highest BCUT2D eigenvalue weighted by molar-refractivity contribution is 5.86. The fraction of sp³-hybridized carbons (Fsp3) is 0.333. The van der Waals surface area contributed by atoms with E-state index in [1.807, 2.05) is 48.0 Å². The molecule has 0 atom stereocenters. The van der Waals surface area contributed by atoms with Gasteiger partial charge in [0.15, 0.2) is 0 Å². The number of aromatic nitrogens is 2. The molecule has 0 spiro atoms. The summed E-state index contributed by atoms with van der Waals surface area (Å²) in [6.45, 7) is 5.41. The third kappa shape index (κ3) is 5.29. The summed E-state index contributed by atoms with van der Waals surface area (Å²) < 4.78 is 12.3. The van der Waals surface area contributed by atoms with Crippen LogP contribution in [0.2, 0.25) is 0 Å². The fourth-order valence-electron chi connectivity index (χ4n) is 2.04. The van der Waals surface area contributed by atoms with Crippen molar-refractivity contribution in [2.45, 2.75) is 26.8 Å². The van der Waals surface area contributed by atoms with Gasteiger partial charge in [0.2, 0.25) is 5.88 Å². The van der Waals surface area contributed by atoms with Crippen molar-refractivity contribution in [2.75, 3.05) is 13.2 Å². The molecule has 2 aromatic rings. The van der Waals surface area contributed by atoms with Crippen LogP contribution in [0.4, 0.5) is 0 Å². The van der Waals surface area contributed by atoms with Gasteiger partial charge in [0.05, 0.1) is 25.5 Å². The lowest BCUT2D eigenvalue weighted by Gasteiger charge is -2.04. The molecule has 5 nitrogen and oxygen atoms in total. The third-order valence-electron chi connectivity index (χ3n) is 3.09. The molecule has 1 aromatic carbocycles. The van der Waals surface area contributed by atoms with E-state index in [1.54, 1.807) is 13.0 Å². The Bertz CT molecular complexity index is 648. The molecule has 0 aliphatic carbocycles. The van der Waals surface area contributed by atoms with Crippen LogP contribution in [-0.4, -0.2) is 29.0 Å². The number of esters is 1. The number of hydrogen-bond donors (Lipinski definition) is 0. The van der Waals surface area contributed by atoms with Crippen LogP contribution in [0.1, 0.15) is 31.5 Å². The summed E-state index contributed by atoms with van der Waals surface area (Å²) in [7, 11) is 0.